The fraction of sp³-hybridized carbons (Fsp3) is 0.896. The van der Waals surface area contributed by atoms with Crippen molar-refractivity contribution < 1.29 is 63.2 Å². The molecule has 0 unspecified atom stereocenters. The van der Waals surface area contributed by atoms with E-state index in [1.165, 1.54) is 0 Å². The van der Waals surface area contributed by atoms with Crippen LogP contribution in [0.1, 0.15) is 154 Å². The molecule has 0 aromatic carbocycles. The first-order chi connectivity index (χ1) is 28.9. The Morgan fingerprint density at radius 3 is 2.19 bits per heavy atom. The number of alkyl carbamates (subject to hydrolysis) is 1. The minimum absolute atomic E-state index is 0.00555. The van der Waals surface area contributed by atoms with Crippen LogP contribution < -0.4 is 5.32 Å². The molecule has 5 heterocycles. The molecule has 356 valence electrons. The predicted octanol–water partition coefficient (Wildman–Crippen LogP) is 7.08. The average Bonchev–Trinajstić information content (AvgIpc) is 3.55. The number of ketones is 1. The van der Waals surface area contributed by atoms with Crippen LogP contribution in [0, 0.1) is 41.4 Å². The smallest absolute Gasteiger partial charge is 0.407 e. The van der Waals surface area contributed by atoms with Gasteiger partial charge in [0.05, 0.1) is 66.0 Å². The lowest BCUT2D eigenvalue weighted by atomic mass is 9.72. The molecule has 0 bridgehead atoms. The van der Waals surface area contributed by atoms with Crippen LogP contribution in [0.2, 0.25) is 0 Å². The van der Waals surface area contributed by atoms with Crippen molar-refractivity contribution in [3.63, 3.8) is 0 Å². The monoisotopic (exact) mass is 880 g/mol. The number of carboxylic acids is 1. The van der Waals surface area contributed by atoms with Gasteiger partial charge < -0.3 is 54.2 Å². The Hall–Kier alpha value is -2.17. The van der Waals surface area contributed by atoms with Gasteiger partial charge in [-0.1, -0.05) is 61.5 Å². The van der Waals surface area contributed by atoms with Gasteiger partial charge in [0, 0.05) is 36.5 Å². The number of aliphatic hydroxyl groups excluding tert-OH is 1. The zero-order valence-corrected chi connectivity index (χ0v) is 39.7. The number of hydrogen-bond acceptors (Lipinski definition) is 12. The summed E-state index contributed by atoms with van der Waals surface area (Å²) < 4.78 is 39.9. The van der Waals surface area contributed by atoms with Gasteiger partial charge in [0.1, 0.15) is 11.8 Å². The molecule has 5 aliphatic rings. The van der Waals surface area contributed by atoms with E-state index in [0.717, 1.165) is 6.42 Å². The number of carbonyl (C=O) groups excluding carboxylic acids is 2. The summed E-state index contributed by atoms with van der Waals surface area (Å²) in [7, 11) is 0. The third kappa shape index (κ3) is 10.6. The summed E-state index contributed by atoms with van der Waals surface area (Å²) in [5.41, 5.74) is -2.80. The van der Waals surface area contributed by atoms with Gasteiger partial charge in [0.2, 0.25) is 0 Å². The number of aliphatic hydroxyl groups is 3. The van der Waals surface area contributed by atoms with E-state index in [1.807, 2.05) is 53.7 Å². The normalized spacial score (nSPS) is 41.3. The largest absolute Gasteiger partial charge is 0.481 e. The maximum absolute atomic E-state index is 14.7. The van der Waals surface area contributed by atoms with Crippen LogP contribution >= 0.6 is 0 Å². The molecule has 1 amide bonds. The van der Waals surface area contributed by atoms with Crippen molar-refractivity contribution in [1.82, 2.24) is 5.32 Å². The van der Waals surface area contributed by atoms with Crippen molar-refractivity contribution in [2.24, 2.45) is 41.4 Å². The van der Waals surface area contributed by atoms with Crippen LogP contribution in [0.15, 0.2) is 12.2 Å². The number of amides is 1. The number of carboxylic acid groups (broad SMARTS) is 1. The highest BCUT2D eigenvalue weighted by molar-refractivity contribution is 5.84. The summed E-state index contributed by atoms with van der Waals surface area (Å²) in [5.74, 6) is -6.31. The van der Waals surface area contributed by atoms with Crippen molar-refractivity contribution in [2.75, 3.05) is 6.61 Å². The van der Waals surface area contributed by atoms with Crippen LogP contribution in [0.25, 0.3) is 0 Å². The van der Waals surface area contributed by atoms with Crippen molar-refractivity contribution >= 4 is 17.8 Å². The van der Waals surface area contributed by atoms with Crippen LogP contribution in [0.5, 0.6) is 0 Å². The third-order valence-corrected chi connectivity index (χ3v) is 15.7. The predicted molar refractivity (Wildman–Crippen MR) is 232 cm³/mol. The number of hydrogen-bond donors (Lipinski definition) is 5. The fourth-order valence-corrected chi connectivity index (χ4v) is 11.2. The summed E-state index contributed by atoms with van der Waals surface area (Å²) in [6, 6.07) is -0.792. The first-order valence-corrected chi connectivity index (χ1v) is 23.8. The lowest BCUT2D eigenvalue weighted by molar-refractivity contribution is -0.398. The molecular weight excluding hydrogens is 799 g/mol. The molecule has 0 saturated carbocycles. The Kier molecular flexibility index (Phi) is 16.2. The maximum atomic E-state index is 14.7. The molecule has 18 atom stereocenters. The SMILES string of the molecule is CC[C@@H](C(=O)[C@@H](C)[C@@H](O)[C@H](C)[C@@H]1O[C@@H]([C@@H](CC)C(=O)O)CC[C@@H]1C)[C@H]1O[C@]2(C=C[C@@H](NC(=O)OCCC(C)(C)O)[C@]3(CC[C@@](C)([C@H]4CC[C@](O)(CC)[C@H](C)O4)O3)O2)[C@H](C)C[C@@H]1C. The Morgan fingerprint density at radius 2 is 1.60 bits per heavy atom. The van der Waals surface area contributed by atoms with Crippen molar-refractivity contribution in [2.45, 2.75) is 225 Å². The molecule has 5 aliphatic heterocycles. The van der Waals surface area contributed by atoms with Crippen molar-refractivity contribution in [1.29, 1.82) is 0 Å². The third-order valence-electron chi connectivity index (χ3n) is 15.7. The number of carbonyl (C=O) groups is 3. The molecule has 0 aliphatic carbocycles. The summed E-state index contributed by atoms with van der Waals surface area (Å²) in [4.78, 5) is 40.0. The standard InChI is InChI=1S/C48H81NO13/c1-13-33(42(52)53)35-17-16-27(4)40(59-35)31(8)38(50)30(7)39(51)34(14-2)41-28(5)26-29(6)47(60-41)21-18-36(49-43(54)57-25-24-44(10,11)55)48(62-47)23-22-45(12,61-48)37-19-20-46(56,15-3)32(9)58-37/h18,21,27-38,40-41,50,55-56H,13-17,19-20,22-26H2,1-12H3,(H,49,54)(H,52,53)/t27-,28-,29+,30-,31-,32-,33+,34-,35+,36+,37+,38+,40+,41-,45-,46+,47-,48-/m0/s1. The van der Waals surface area contributed by atoms with Gasteiger partial charge in [-0.05, 0) is 103 Å². The quantitative estimate of drug-likeness (QED) is 0.0987. The Labute approximate surface area is 370 Å². The summed E-state index contributed by atoms with van der Waals surface area (Å²) in [5, 5.41) is 46.1. The molecular formula is C48H81NO13. The van der Waals surface area contributed by atoms with E-state index in [2.05, 4.69) is 26.1 Å². The molecule has 4 fully saturated rings. The van der Waals surface area contributed by atoms with E-state index in [-0.39, 0.29) is 42.7 Å². The Balaban J connectivity index is 1.39. The summed E-state index contributed by atoms with van der Waals surface area (Å²) in [6.45, 7) is 22.8. The second kappa shape index (κ2) is 19.7. The van der Waals surface area contributed by atoms with E-state index in [9.17, 15) is 34.8 Å². The van der Waals surface area contributed by atoms with Gasteiger partial charge in [-0.25, -0.2) is 4.79 Å². The molecule has 2 spiro atoms. The van der Waals surface area contributed by atoms with Gasteiger partial charge in [-0.3, -0.25) is 9.59 Å². The topological polar surface area (TPSA) is 200 Å². The van der Waals surface area contributed by atoms with Crippen LogP contribution in [-0.2, 0) is 38.0 Å². The Morgan fingerprint density at radius 1 is 0.919 bits per heavy atom. The van der Waals surface area contributed by atoms with Gasteiger partial charge in [0.15, 0.2) is 11.6 Å². The zero-order valence-electron chi connectivity index (χ0n) is 39.7. The zero-order chi connectivity index (χ0) is 46.2. The molecule has 5 rings (SSSR count). The van der Waals surface area contributed by atoms with Gasteiger partial charge in [-0.15, -0.1) is 0 Å². The first-order valence-electron chi connectivity index (χ1n) is 23.8. The van der Waals surface area contributed by atoms with Gasteiger partial charge in [0.25, 0.3) is 0 Å². The average molecular weight is 880 g/mol. The number of Topliss-reactive ketones (excluding diaryl/α,β-unsaturated/α-hetero) is 1. The molecule has 14 nitrogen and oxygen atoms in total. The highest BCUT2D eigenvalue weighted by Crippen LogP contribution is 2.54. The molecule has 5 N–H and O–H groups in total. The van der Waals surface area contributed by atoms with E-state index >= 15 is 0 Å². The van der Waals surface area contributed by atoms with E-state index in [1.54, 1.807) is 20.8 Å². The van der Waals surface area contributed by atoms with Crippen molar-refractivity contribution in [3.05, 3.63) is 12.2 Å². The Bertz CT molecular complexity index is 1590. The molecule has 14 heteroatoms. The fourth-order valence-electron chi connectivity index (χ4n) is 11.2. The van der Waals surface area contributed by atoms with Gasteiger partial charge >= 0.3 is 12.1 Å². The van der Waals surface area contributed by atoms with E-state index < -0.39 is 101 Å². The summed E-state index contributed by atoms with van der Waals surface area (Å²) in [6.07, 6.45) is 5.56. The minimum Gasteiger partial charge on any atom is -0.481 e. The lowest BCUT2D eigenvalue weighted by Gasteiger charge is -2.55. The second-order valence-corrected chi connectivity index (χ2v) is 20.8. The summed E-state index contributed by atoms with van der Waals surface area (Å²) >= 11 is 0. The molecule has 62 heavy (non-hydrogen) atoms. The van der Waals surface area contributed by atoms with Crippen molar-refractivity contribution in [3.8, 4) is 0 Å². The first kappa shape index (κ1) is 50.8. The maximum Gasteiger partial charge on any atom is 0.407 e. The molecule has 0 aromatic rings. The van der Waals surface area contributed by atoms with Crippen LogP contribution in [0.3, 0.4) is 0 Å². The number of nitrogens with one attached hydrogen (secondary N) is 1. The lowest BCUT2D eigenvalue weighted by Crippen LogP contribution is -2.65. The minimum atomic E-state index is -1.42. The van der Waals surface area contributed by atoms with E-state index in [0.29, 0.717) is 57.8 Å². The van der Waals surface area contributed by atoms with Crippen LogP contribution in [0.4, 0.5) is 4.79 Å². The second-order valence-electron chi connectivity index (χ2n) is 20.8. The van der Waals surface area contributed by atoms with Crippen LogP contribution in [-0.4, -0.2) is 116 Å². The number of ether oxygens (including phenoxy) is 6. The molecule has 0 aromatic heterocycles. The molecule has 0 radical (unpaired) electrons. The number of aliphatic carboxylic acids is 1. The molecule has 4 saturated heterocycles. The van der Waals surface area contributed by atoms with E-state index in [4.69, 9.17) is 28.4 Å². The highest BCUT2D eigenvalue weighted by Gasteiger charge is 2.63. The van der Waals surface area contributed by atoms with Gasteiger partial charge in [-0.2, -0.15) is 0 Å². The highest BCUT2D eigenvalue weighted by atomic mass is 16.8. The number of rotatable bonds is 16.